The molecule has 2 aromatic carbocycles. The van der Waals surface area contributed by atoms with Gasteiger partial charge < -0.3 is 15.2 Å². The highest BCUT2D eigenvalue weighted by molar-refractivity contribution is 5.72. The Balaban J connectivity index is 1.77. The zero-order valence-electron chi connectivity index (χ0n) is 17.2. The van der Waals surface area contributed by atoms with Gasteiger partial charge in [0.2, 0.25) is 0 Å². The van der Waals surface area contributed by atoms with E-state index < -0.39 is 11.9 Å². The normalized spacial score (nSPS) is 21.3. The second kappa shape index (κ2) is 9.88. The van der Waals surface area contributed by atoms with Crippen LogP contribution in [0, 0.1) is 11.7 Å². The van der Waals surface area contributed by atoms with Crippen molar-refractivity contribution < 1.29 is 19.0 Å². The molecule has 2 aromatic rings. The molecule has 3 rings (SSSR count). The SMILES string of the molecule is CCCCc1ccc(OC)c(CNC2CCC(C(=O)O)C2c2ccc(F)cc2)c1. The molecule has 29 heavy (non-hydrogen) atoms. The summed E-state index contributed by atoms with van der Waals surface area (Å²) in [6.07, 6.45) is 4.72. The third-order valence-electron chi connectivity index (χ3n) is 5.95. The Hall–Kier alpha value is -2.40. The van der Waals surface area contributed by atoms with E-state index in [0.29, 0.717) is 13.0 Å². The summed E-state index contributed by atoms with van der Waals surface area (Å²) >= 11 is 0. The minimum Gasteiger partial charge on any atom is -0.496 e. The van der Waals surface area contributed by atoms with Gasteiger partial charge in [-0.3, -0.25) is 4.79 Å². The van der Waals surface area contributed by atoms with Crippen molar-refractivity contribution in [3.63, 3.8) is 0 Å². The minimum atomic E-state index is -0.789. The smallest absolute Gasteiger partial charge is 0.307 e. The van der Waals surface area contributed by atoms with E-state index in [1.54, 1.807) is 19.2 Å². The highest BCUT2D eigenvalue weighted by Gasteiger charge is 2.41. The fourth-order valence-corrected chi connectivity index (χ4v) is 4.40. The number of hydrogen-bond acceptors (Lipinski definition) is 3. The lowest BCUT2D eigenvalue weighted by Crippen LogP contribution is -2.34. The van der Waals surface area contributed by atoms with Crippen molar-refractivity contribution in [1.29, 1.82) is 0 Å². The van der Waals surface area contributed by atoms with Gasteiger partial charge in [0.25, 0.3) is 0 Å². The maximum Gasteiger partial charge on any atom is 0.307 e. The van der Waals surface area contributed by atoms with Gasteiger partial charge >= 0.3 is 5.97 Å². The van der Waals surface area contributed by atoms with E-state index in [2.05, 4.69) is 24.4 Å². The molecule has 0 aliphatic heterocycles. The van der Waals surface area contributed by atoms with Gasteiger partial charge in [-0.25, -0.2) is 4.39 Å². The van der Waals surface area contributed by atoms with E-state index in [1.807, 2.05) is 6.07 Å². The topological polar surface area (TPSA) is 58.6 Å². The molecule has 3 atom stereocenters. The van der Waals surface area contributed by atoms with Crippen molar-refractivity contribution in [2.75, 3.05) is 7.11 Å². The predicted molar refractivity (Wildman–Crippen MR) is 112 cm³/mol. The molecule has 0 radical (unpaired) electrons. The predicted octanol–water partition coefficient (Wildman–Crippen LogP) is 4.91. The summed E-state index contributed by atoms with van der Waals surface area (Å²) in [7, 11) is 1.67. The fraction of sp³-hybridized carbons (Fsp3) is 0.458. The van der Waals surface area contributed by atoms with Gasteiger partial charge in [0, 0.05) is 24.1 Å². The maximum atomic E-state index is 13.4. The highest BCUT2D eigenvalue weighted by atomic mass is 19.1. The van der Waals surface area contributed by atoms with Crippen LogP contribution in [0.2, 0.25) is 0 Å². The number of aliphatic carboxylic acids is 1. The standard InChI is InChI=1S/C24H30FNO3/c1-3-4-5-16-6-13-22(29-2)18(14-16)15-26-21-12-11-20(24(27)28)23(21)17-7-9-19(25)10-8-17/h6-10,13-14,20-21,23,26H,3-5,11-12,15H2,1-2H3,(H,27,28). The van der Waals surface area contributed by atoms with Crippen LogP contribution in [0.5, 0.6) is 5.75 Å². The second-order valence-corrected chi connectivity index (χ2v) is 7.84. The van der Waals surface area contributed by atoms with Gasteiger partial charge in [-0.1, -0.05) is 37.6 Å². The van der Waals surface area contributed by atoms with Gasteiger partial charge in [-0.2, -0.15) is 0 Å². The maximum absolute atomic E-state index is 13.4. The number of unbranched alkanes of at least 4 members (excludes halogenated alkanes) is 1. The summed E-state index contributed by atoms with van der Waals surface area (Å²) in [5, 5.41) is 13.2. The molecule has 0 saturated heterocycles. The quantitative estimate of drug-likeness (QED) is 0.629. The van der Waals surface area contributed by atoms with Gasteiger partial charge in [0.15, 0.2) is 0 Å². The molecule has 1 saturated carbocycles. The van der Waals surface area contributed by atoms with Gasteiger partial charge in [-0.15, -0.1) is 0 Å². The highest BCUT2D eigenvalue weighted by Crippen LogP contribution is 2.40. The van der Waals surface area contributed by atoms with E-state index in [1.165, 1.54) is 17.7 Å². The number of rotatable bonds is 9. The van der Waals surface area contributed by atoms with Crippen molar-refractivity contribution in [3.8, 4) is 5.75 Å². The van der Waals surface area contributed by atoms with Crippen LogP contribution in [0.15, 0.2) is 42.5 Å². The first kappa shape index (κ1) is 21.3. The first-order valence-corrected chi connectivity index (χ1v) is 10.4. The molecule has 2 N–H and O–H groups in total. The molecular formula is C24H30FNO3. The average Bonchev–Trinajstić information content (AvgIpc) is 3.15. The molecule has 0 bridgehead atoms. The number of nitrogens with one attached hydrogen (secondary N) is 1. The van der Waals surface area contributed by atoms with Crippen LogP contribution in [-0.4, -0.2) is 24.2 Å². The molecule has 0 heterocycles. The molecule has 0 aromatic heterocycles. The molecule has 1 aliphatic rings. The van der Waals surface area contributed by atoms with Crippen LogP contribution in [0.4, 0.5) is 4.39 Å². The van der Waals surface area contributed by atoms with E-state index in [-0.39, 0.29) is 17.8 Å². The zero-order valence-corrected chi connectivity index (χ0v) is 17.2. The number of benzene rings is 2. The molecule has 0 amide bonds. The Kier molecular flexibility index (Phi) is 7.26. The van der Waals surface area contributed by atoms with Crippen LogP contribution in [0.25, 0.3) is 0 Å². The van der Waals surface area contributed by atoms with Crippen molar-refractivity contribution in [1.82, 2.24) is 5.32 Å². The number of carboxylic acid groups (broad SMARTS) is 1. The zero-order chi connectivity index (χ0) is 20.8. The van der Waals surface area contributed by atoms with Crippen LogP contribution < -0.4 is 10.1 Å². The van der Waals surface area contributed by atoms with Crippen LogP contribution >= 0.6 is 0 Å². The summed E-state index contributed by atoms with van der Waals surface area (Å²) in [5.74, 6) is -0.901. The molecule has 4 nitrogen and oxygen atoms in total. The first-order chi connectivity index (χ1) is 14.0. The number of ether oxygens (including phenoxy) is 1. The largest absolute Gasteiger partial charge is 0.496 e. The summed E-state index contributed by atoms with van der Waals surface area (Å²) in [5.41, 5.74) is 3.24. The lowest BCUT2D eigenvalue weighted by Gasteiger charge is -2.25. The number of carboxylic acids is 1. The van der Waals surface area contributed by atoms with Gasteiger partial charge in [0.05, 0.1) is 13.0 Å². The first-order valence-electron chi connectivity index (χ1n) is 10.4. The molecular weight excluding hydrogens is 369 g/mol. The third kappa shape index (κ3) is 5.15. The van der Waals surface area contributed by atoms with Crippen molar-refractivity contribution in [2.24, 2.45) is 5.92 Å². The van der Waals surface area contributed by atoms with E-state index in [0.717, 1.165) is 42.6 Å². The second-order valence-electron chi connectivity index (χ2n) is 7.84. The minimum absolute atomic E-state index is 0.0190. The number of halogens is 1. The average molecular weight is 400 g/mol. The molecule has 0 spiro atoms. The summed E-state index contributed by atoms with van der Waals surface area (Å²) in [6, 6.07) is 12.5. The van der Waals surface area contributed by atoms with Crippen molar-refractivity contribution in [3.05, 3.63) is 65.0 Å². The van der Waals surface area contributed by atoms with E-state index in [4.69, 9.17) is 4.74 Å². The lowest BCUT2D eigenvalue weighted by molar-refractivity contribution is -0.142. The Morgan fingerprint density at radius 2 is 1.97 bits per heavy atom. The lowest BCUT2D eigenvalue weighted by atomic mass is 9.86. The Labute approximate surface area is 172 Å². The Morgan fingerprint density at radius 1 is 1.21 bits per heavy atom. The van der Waals surface area contributed by atoms with Crippen LogP contribution in [-0.2, 0) is 17.8 Å². The molecule has 1 aliphatic carbocycles. The van der Waals surface area contributed by atoms with Crippen molar-refractivity contribution >= 4 is 5.97 Å². The van der Waals surface area contributed by atoms with Crippen molar-refractivity contribution in [2.45, 2.75) is 57.5 Å². The summed E-state index contributed by atoms with van der Waals surface area (Å²) in [6.45, 7) is 2.79. The van der Waals surface area contributed by atoms with Gasteiger partial charge in [-0.05, 0) is 55.0 Å². The Bertz CT molecular complexity index is 821. The number of aryl methyl sites for hydroxylation is 1. The number of hydrogen-bond donors (Lipinski definition) is 2. The number of methoxy groups -OCH3 is 1. The summed E-state index contributed by atoms with van der Waals surface area (Å²) in [4.78, 5) is 11.8. The van der Waals surface area contributed by atoms with Crippen LogP contribution in [0.3, 0.4) is 0 Å². The molecule has 1 fully saturated rings. The third-order valence-corrected chi connectivity index (χ3v) is 5.95. The van der Waals surface area contributed by atoms with E-state index >= 15 is 0 Å². The number of carbonyl (C=O) groups is 1. The monoisotopic (exact) mass is 399 g/mol. The van der Waals surface area contributed by atoms with E-state index in [9.17, 15) is 14.3 Å². The van der Waals surface area contributed by atoms with Gasteiger partial charge in [0.1, 0.15) is 11.6 Å². The molecule has 156 valence electrons. The fourth-order valence-electron chi connectivity index (χ4n) is 4.40. The van der Waals surface area contributed by atoms with Crippen LogP contribution in [0.1, 0.15) is 55.2 Å². The Morgan fingerprint density at radius 3 is 2.62 bits per heavy atom. The molecule has 3 unspecified atom stereocenters. The molecule has 5 heteroatoms. The summed E-state index contributed by atoms with van der Waals surface area (Å²) < 4.78 is 18.9.